The number of carbonyl (C=O) groups excluding carboxylic acids is 3. The van der Waals surface area contributed by atoms with Crippen LogP contribution in [0.25, 0.3) is 0 Å². The number of Topliss-reactive ketones (excluding diaryl/α,β-unsaturated/α-hetero) is 1. The molecule has 4 N–H and O–H groups in total. The van der Waals surface area contributed by atoms with Crippen molar-refractivity contribution in [2.24, 2.45) is 5.73 Å². The molecule has 0 fully saturated rings. The summed E-state index contributed by atoms with van der Waals surface area (Å²) in [5, 5.41) is 5.28. The van der Waals surface area contributed by atoms with Crippen molar-refractivity contribution < 1.29 is 14.4 Å². The number of rotatable bonds is 7. The molecule has 0 aromatic heterocycles. The minimum absolute atomic E-state index is 0.00160. The van der Waals surface area contributed by atoms with Gasteiger partial charge >= 0.3 is 6.03 Å². The van der Waals surface area contributed by atoms with Gasteiger partial charge in [0.05, 0.1) is 0 Å². The van der Waals surface area contributed by atoms with Crippen molar-refractivity contribution >= 4 is 23.4 Å². The number of aryl methyl sites for hydroxylation is 2. The van der Waals surface area contributed by atoms with E-state index in [1.54, 1.807) is 24.3 Å². The average Bonchev–Trinajstić information content (AvgIpc) is 3.13. The second-order valence-electron chi connectivity index (χ2n) is 6.72. The van der Waals surface area contributed by atoms with Crippen molar-refractivity contribution in [2.75, 3.05) is 5.32 Å². The van der Waals surface area contributed by atoms with Crippen LogP contribution in [0, 0.1) is 0 Å². The monoisotopic (exact) mass is 365 g/mol. The second-order valence-corrected chi connectivity index (χ2v) is 6.72. The van der Waals surface area contributed by atoms with Crippen molar-refractivity contribution in [3.8, 4) is 0 Å². The zero-order valence-corrected chi connectivity index (χ0v) is 15.1. The number of benzene rings is 2. The number of carbonyl (C=O) groups is 3. The minimum Gasteiger partial charge on any atom is -0.352 e. The second kappa shape index (κ2) is 8.49. The van der Waals surface area contributed by atoms with Gasteiger partial charge in [0, 0.05) is 30.6 Å². The zero-order chi connectivity index (χ0) is 19.2. The molecule has 3 rings (SSSR count). The van der Waals surface area contributed by atoms with E-state index in [0.29, 0.717) is 17.8 Å². The van der Waals surface area contributed by atoms with Gasteiger partial charge in [-0.25, -0.2) is 4.79 Å². The third-order valence-corrected chi connectivity index (χ3v) is 4.71. The zero-order valence-electron chi connectivity index (χ0n) is 15.1. The van der Waals surface area contributed by atoms with Crippen LogP contribution in [0.15, 0.2) is 42.5 Å². The Morgan fingerprint density at radius 2 is 1.67 bits per heavy atom. The molecule has 3 amide bonds. The largest absolute Gasteiger partial charge is 0.352 e. The lowest BCUT2D eigenvalue weighted by Gasteiger charge is -2.07. The van der Waals surface area contributed by atoms with Gasteiger partial charge in [-0.2, -0.15) is 0 Å². The highest BCUT2D eigenvalue weighted by molar-refractivity contribution is 5.98. The molecule has 1 aliphatic rings. The highest BCUT2D eigenvalue weighted by Gasteiger charge is 2.14. The van der Waals surface area contributed by atoms with Crippen LogP contribution in [0.3, 0.4) is 0 Å². The molecule has 0 heterocycles. The van der Waals surface area contributed by atoms with Crippen molar-refractivity contribution in [1.29, 1.82) is 0 Å². The lowest BCUT2D eigenvalue weighted by molar-refractivity contribution is -0.121. The molecule has 0 saturated heterocycles. The first-order valence-corrected chi connectivity index (χ1v) is 9.08. The van der Waals surface area contributed by atoms with Crippen LogP contribution in [0.5, 0.6) is 0 Å². The fourth-order valence-electron chi connectivity index (χ4n) is 3.25. The lowest BCUT2D eigenvalue weighted by atomic mass is 10.0. The Bertz CT molecular complexity index is 859. The molecule has 0 atom stereocenters. The fourth-order valence-corrected chi connectivity index (χ4v) is 3.25. The Hall–Kier alpha value is -3.15. The van der Waals surface area contributed by atoms with Crippen molar-refractivity contribution in [2.45, 2.75) is 38.6 Å². The summed E-state index contributed by atoms with van der Waals surface area (Å²) in [4.78, 5) is 35.1. The Kier molecular flexibility index (Phi) is 5.86. The third-order valence-electron chi connectivity index (χ3n) is 4.71. The fraction of sp³-hybridized carbons (Fsp3) is 0.286. The van der Waals surface area contributed by atoms with Gasteiger partial charge in [-0.05, 0) is 54.2 Å². The maximum Gasteiger partial charge on any atom is 0.316 e. The molecule has 0 unspecified atom stereocenters. The number of fused-ring (bicyclic) bond motifs is 1. The first kappa shape index (κ1) is 18.6. The van der Waals surface area contributed by atoms with E-state index >= 15 is 0 Å². The maximum atomic E-state index is 12.3. The van der Waals surface area contributed by atoms with Crippen LogP contribution in [-0.2, 0) is 24.2 Å². The summed E-state index contributed by atoms with van der Waals surface area (Å²) < 4.78 is 0. The van der Waals surface area contributed by atoms with E-state index < -0.39 is 6.03 Å². The van der Waals surface area contributed by atoms with Gasteiger partial charge < -0.3 is 16.4 Å². The molecule has 140 valence electrons. The summed E-state index contributed by atoms with van der Waals surface area (Å²) >= 11 is 0. The van der Waals surface area contributed by atoms with Crippen LogP contribution in [0.2, 0.25) is 0 Å². The number of ketones is 1. The van der Waals surface area contributed by atoms with Crippen LogP contribution in [0.1, 0.15) is 46.3 Å². The Morgan fingerprint density at radius 1 is 0.926 bits per heavy atom. The number of nitrogens with one attached hydrogen (secondary N) is 2. The quantitative estimate of drug-likeness (QED) is 0.658. The Morgan fingerprint density at radius 3 is 2.41 bits per heavy atom. The van der Waals surface area contributed by atoms with Crippen LogP contribution in [0.4, 0.5) is 10.5 Å². The molecule has 2 aromatic rings. The van der Waals surface area contributed by atoms with E-state index in [2.05, 4.69) is 10.6 Å². The molecule has 0 bridgehead atoms. The predicted octanol–water partition coefficient (Wildman–Crippen LogP) is 2.95. The van der Waals surface area contributed by atoms with Gasteiger partial charge in [0.1, 0.15) is 0 Å². The molecular formula is C21H23N3O3. The van der Waals surface area contributed by atoms with Crippen LogP contribution < -0.4 is 16.4 Å². The maximum absolute atomic E-state index is 12.3. The molecule has 6 nitrogen and oxygen atoms in total. The molecule has 0 saturated carbocycles. The highest BCUT2D eigenvalue weighted by Crippen LogP contribution is 2.23. The van der Waals surface area contributed by atoms with Gasteiger partial charge in [0.25, 0.3) is 0 Å². The topological polar surface area (TPSA) is 101 Å². The molecule has 6 heteroatoms. The van der Waals surface area contributed by atoms with E-state index in [9.17, 15) is 14.4 Å². The van der Waals surface area contributed by atoms with E-state index in [0.717, 1.165) is 24.8 Å². The Balaban J connectivity index is 1.44. The van der Waals surface area contributed by atoms with Crippen molar-refractivity contribution in [3.05, 3.63) is 64.7 Å². The van der Waals surface area contributed by atoms with Crippen LogP contribution >= 0.6 is 0 Å². The summed E-state index contributed by atoms with van der Waals surface area (Å²) in [6.45, 7) is 0.364. The lowest BCUT2D eigenvalue weighted by Crippen LogP contribution is -2.23. The molecule has 0 aliphatic heterocycles. The predicted molar refractivity (Wildman–Crippen MR) is 104 cm³/mol. The summed E-state index contributed by atoms with van der Waals surface area (Å²) in [5.41, 5.74) is 9.83. The van der Waals surface area contributed by atoms with E-state index in [-0.39, 0.29) is 24.5 Å². The molecule has 1 aliphatic carbocycles. The molecule has 0 spiro atoms. The SMILES string of the molecule is NC(=O)Nc1ccc(CNC(=O)CCC(=O)c2ccc3c(c2)CCC3)cc1. The molecule has 2 aromatic carbocycles. The van der Waals surface area contributed by atoms with E-state index in [4.69, 9.17) is 5.73 Å². The highest BCUT2D eigenvalue weighted by atomic mass is 16.2. The summed E-state index contributed by atoms with van der Waals surface area (Å²) in [6.07, 6.45) is 3.63. The average molecular weight is 365 g/mol. The van der Waals surface area contributed by atoms with Gasteiger partial charge in [0.15, 0.2) is 5.78 Å². The molecular weight excluding hydrogens is 342 g/mol. The molecule has 27 heavy (non-hydrogen) atoms. The van der Waals surface area contributed by atoms with Gasteiger partial charge in [-0.3, -0.25) is 9.59 Å². The van der Waals surface area contributed by atoms with E-state index in [1.807, 2.05) is 18.2 Å². The first-order valence-electron chi connectivity index (χ1n) is 9.08. The van der Waals surface area contributed by atoms with Gasteiger partial charge in [-0.1, -0.05) is 24.3 Å². The smallest absolute Gasteiger partial charge is 0.316 e. The van der Waals surface area contributed by atoms with Gasteiger partial charge in [-0.15, -0.1) is 0 Å². The minimum atomic E-state index is -0.621. The van der Waals surface area contributed by atoms with Crippen molar-refractivity contribution in [1.82, 2.24) is 5.32 Å². The number of amides is 3. The summed E-state index contributed by atoms with van der Waals surface area (Å²) in [7, 11) is 0. The number of hydrogen-bond acceptors (Lipinski definition) is 3. The number of urea groups is 1. The summed E-state index contributed by atoms with van der Waals surface area (Å²) in [5.74, 6) is -0.162. The van der Waals surface area contributed by atoms with E-state index in [1.165, 1.54) is 11.1 Å². The third kappa shape index (κ3) is 5.17. The van der Waals surface area contributed by atoms with Crippen LogP contribution in [-0.4, -0.2) is 17.7 Å². The standard InChI is InChI=1S/C21H23N3O3/c22-21(27)24-18-8-4-14(5-9-18)13-23-20(26)11-10-19(25)17-7-6-15-2-1-3-16(15)12-17/h4-9,12H,1-3,10-11,13H2,(H,23,26)(H3,22,24,27). The normalized spacial score (nSPS) is 12.3. The summed E-state index contributed by atoms with van der Waals surface area (Å²) in [6, 6.07) is 12.3. The van der Waals surface area contributed by atoms with Gasteiger partial charge in [0.2, 0.25) is 5.91 Å². The number of hydrogen-bond donors (Lipinski definition) is 3. The van der Waals surface area contributed by atoms with Crippen molar-refractivity contribution in [3.63, 3.8) is 0 Å². The number of anilines is 1. The number of nitrogens with two attached hydrogens (primary N) is 1. The number of primary amides is 1. The first-order chi connectivity index (χ1) is 13.0. The molecule has 0 radical (unpaired) electrons. The Labute approximate surface area is 158 Å².